The lowest BCUT2D eigenvalue weighted by atomic mass is 10.0. The standard InChI is InChI=1S/C21H26N2O.ClH/c1-16-8-7-11-20(17(16)2)23-14-12-22(13-15-23)18(3)21(24)19-9-5-4-6-10-19;/h4-11,18H,12-15H2,1-3H3;1H. The first kappa shape index (κ1) is 19.5. The highest BCUT2D eigenvalue weighted by atomic mass is 35.5. The number of aryl methyl sites for hydroxylation is 1. The molecule has 0 N–H and O–H groups in total. The summed E-state index contributed by atoms with van der Waals surface area (Å²) in [5.74, 6) is 0.218. The summed E-state index contributed by atoms with van der Waals surface area (Å²) in [7, 11) is 0. The van der Waals surface area contributed by atoms with Gasteiger partial charge in [0.25, 0.3) is 0 Å². The van der Waals surface area contributed by atoms with Crippen molar-refractivity contribution in [3.8, 4) is 0 Å². The maximum Gasteiger partial charge on any atom is 0.179 e. The van der Waals surface area contributed by atoms with Crippen LogP contribution in [-0.4, -0.2) is 42.9 Å². The number of hydrogen-bond donors (Lipinski definition) is 0. The van der Waals surface area contributed by atoms with Gasteiger partial charge < -0.3 is 4.90 Å². The van der Waals surface area contributed by atoms with E-state index in [1.807, 2.05) is 37.3 Å². The number of rotatable bonds is 4. The van der Waals surface area contributed by atoms with Crippen molar-refractivity contribution >= 4 is 23.9 Å². The molecule has 2 aromatic carbocycles. The van der Waals surface area contributed by atoms with Crippen LogP contribution in [0.5, 0.6) is 0 Å². The van der Waals surface area contributed by atoms with Crippen molar-refractivity contribution in [2.45, 2.75) is 26.8 Å². The van der Waals surface area contributed by atoms with Gasteiger partial charge >= 0.3 is 0 Å². The van der Waals surface area contributed by atoms with E-state index < -0.39 is 0 Å². The molecule has 3 rings (SSSR count). The molecule has 25 heavy (non-hydrogen) atoms. The highest BCUT2D eigenvalue weighted by Gasteiger charge is 2.26. The molecule has 0 spiro atoms. The van der Waals surface area contributed by atoms with Crippen molar-refractivity contribution < 1.29 is 4.79 Å². The molecule has 0 saturated carbocycles. The summed E-state index contributed by atoms with van der Waals surface area (Å²) in [6.45, 7) is 10.2. The topological polar surface area (TPSA) is 23.6 Å². The number of Topliss-reactive ketones (excluding diaryl/α,β-unsaturated/α-hetero) is 1. The van der Waals surface area contributed by atoms with E-state index in [2.05, 4.69) is 41.8 Å². The van der Waals surface area contributed by atoms with E-state index in [4.69, 9.17) is 0 Å². The van der Waals surface area contributed by atoms with Gasteiger partial charge in [-0.15, -0.1) is 12.4 Å². The second-order valence-corrected chi connectivity index (χ2v) is 6.65. The van der Waals surface area contributed by atoms with Crippen LogP contribution in [0.1, 0.15) is 28.4 Å². The number of piperazine rings is 1. The van der Waals surface area contributed by atoms with Crippen LogP contribution in [0, 0.1) is 13.8 Å². The van der Waals surface area contributed by atoms with E-state index in [1.54, 1.807) is 0 Å². The molecule has 0 radical (unpaired) electrons. The van der Waals surface area contributed by atoms with Gasteiger partial charge in [0.2, 0.25) is 0 Å². The normalized spacial score (nSPS) is 16.2. The molecule has 0 bridgehead atoms. The summed E-state index contributed by atoms with van der Waals surface area (Å²) < 4.78 is 0. The van der Waals surface area contributed by atoms with Crippen molar-refractivity contribution in [3.05, 3.63) is 65.2 Å². The minimum atomic E-state index is -0.0619. The Labute approximate surface area is 157 Å². The van der Waals surface area contributed by atoms with Crippen LogP contribution in [0.4, 0.5) is 5.69 Å². The Bertz CT molecular complexity index is 709. The van der Waals surface area contributed by atoms with E-state index in [9.17, 15) is 4.79 Å². The van der Waals surface area contributed by atoms with Crippen LogP contribution >= 0.6 is 12.4 Å². The van der Waals surface area contributed by atoms with Gasteiger partial charge in [-0.3, -0.25) is 9.69 Å². The molecule has 1 aliphatic heterocycles. The number of anilines is 1. The maximum absolute atomic E-state index is 12.6. The number of carbonyl (C=O) groups excluding carboxylic acids is 1. The minimum absolute atomic E-state index is 0. The van der Waals surface area contributed by atoms with Gasteiger partial charge in [0.1, 0.15) is 0 Å². The Balaban J connectivity index is 0.00000225. The molecule has 3 nitrogen and oxygen atoms in total. The smallest absolute Gasteiger partial charge is 0.179 e. The van der Waals surface area contributed by atoms with E-state index >= 15 is 0 Å². The zero-order valence-electron chi connectivity index (χ0n) is 15.2. The lowest BCUT2D eigenvalue weighted by Gasteiger charge is -2.39. The SMILES string of the molecule is Cc1cccc(N2CCN(C(C)C(=O)c3ccccc3)CC2)c1C.Cl. The van der Waals surface area contributed by atoms with Crippen LogP contribution in [0.25, 0.3) is 0 Å². The first-order valence-electron chi connectivity index (χ1n) is 8.72. The van der Waals surface area contributed by atoms with Gasteiger partial charge in [0, 0.05) is 37.4 Å². The van der Waals surface area contributed by atoms with Gasteiger partial charge in [0.15, 0.2) is 5.78 Å². The number of halogens is 1. The first-order chi connectivity index (χ1) is 11.6. The van der Waals surface area contributed by atoms with Crippen LogP contribution in [0.3, 0.4) is 0 Å². The Morgan fingerprint density at radius 1 is 0.920 bits per heavy atom. The second kappa shape index (κ2) is 8.50. The molecule has 0 aliphatic carbocycles. The molecular weight excluding hydrogens is 332 g/mol. The summed E-state index contributed by atoms with van der Waals surface area (Å²) in [5.41, 5.74) is 4.83. The van der Waals surface area contributed by atoms with E-state index in [0.717, 1.165) is 31.7 Å². The average Bonchev–Trinajstić information content (AvgIpc) is 2.64. The zero-order chi connectivity index (χ0) is 17.1. The van der Waals surface area contributed by atoms with E-state index in [-0.39, 0.29) is 24.2 Å². The quantitative estimate of drug-likeness (QED) is 0.768. The van der Waals surface area contributed by atoms with Gasteiger partial charge in [-0.05, 0) is 38.0 Å². The molecule has 134 valence electrons. The van der Waals surface area contributed by atoms with Crippen molar-refractivity contribution in [1.29, 1.82) is 0 Å². The Morgan fingerprint density at radius 3 is 2.20 bits per heavy atom. The van der Waals surface area contributed by atoms with Gasteiger partial charge in [-0.2, -0.15) is 0 Å². The van der Waals surface area contributed by atoms with Gasteiger partial charge in [-0.25, -0.2) is 0 Å². The molecular formula is C21H27ClN2O. The highest BCUT2D eigenvalue weighted by Crippen LogP contribution is 2.24. The second-order valence-electron chi connectivity index (χ2n) is 6.65. The van der Waals surface area contributed by atoms with E-state index in [1.165, 1.54) is 16.8 Å². The van der Waals surface area contributed by atoms with Gasteiger partial charge in [-0.1, -0.05) is 42.5 Å². The maximum atomic E-state index is 12.6. The Hall–Kier alpha value is -1.84. The van der Waals surface area contributed by atoms with Crippen molar-refractivity contribution in [2.75, 3.05) is 31.1 Å². The predicted molar refractivity (Wildman–Crippen MR) is 107 cm³/mol. The molecule has 1 fully saturated rings. The third-order valence-corrected chi connectivity index (χ3v) is 5.22. The number of benzene rings is 2. The lowest BCUT2D eigenvalue weighted by Crippen LogP contribution is -2.52. The summed E-state index contributed by atoms with van der Waals surface area (Å²) in [6.07, 6.45) is 0. The van der Waals surface area contributed by atoms with Gasteiger partial charge in [0.05, 0.1) is 6.04 Å². The zero-order valence-corrected chi connectivity index (χ0v) is 16.1. The molecule has 1 unspecified atom stereocenters. The summed E-state index contributed by atoms with van der Waals surface area (Å²) in [4.78, 5) is 17.4. The fourth-order valence-corrected chi connectivity index (χ4v) is 3.44. The fourth-order valence-electron chi connectivity index (χ4n) is 3.44. The van der Waals surface area contributed by atoms with E-state index in [0.29, 0.717) is 0 Å². The molecule has 0 aromatic heterocycles. The molecule has 1 heterocycles. The minimum Gasteiger partial charge on any atom is -0.369 e. The largest absolute Gasteiger partial charge is 0.369 e. The van der Waals surface area contributed by atoms with Crippen LogP contribution in [0.15, 0.2) is 48.5 Å². The molecule has 1 aliphatic rings. The molecule has 1 atom stereocenters. The highest BCUT2D eigenvalue weighted by molar-refractivity contribution is 5.99. The third-order valence-electron chi connectivity index (χ3n) is 5.22. The molecule has 0 amide bonds. The molecule has 2 aromatic rings. The monoisotopic (exact) mass is 358 g/mol. The predicted octanol–water partition coefficient (Wildman–Crippen LogP) is 4.12. The number of nitrogens with zero attached hydrogens (tertiary/aromatic N) is 2. The number of carbonyl (C=O) groups is 1. The van der Waals surface area contributed by atoms with Crippen LogP contribution in [-0.2, 0) is 0 Å². The number of ketones is 1. The van der Waals surface area contributed by atoms with Crippen molar-refractivity contribution in [3.63, 3.8) is 0 Å². The molecule has 1 saturated heterocycles. The van der Waals surface area contributed by atoms with Crippen molar-refractivity contribution in [2.24, 2.45) is 0 Å². The van der Waals surface area contributed by atoms with Crippen LogP contribution < -0.4 is 4.90 Å². The lowest BCUT2D eigenvalue weighted by molar-refractivity contribution is 0.0830. The summed E-state index contributed by atoms with van der Waals surface area (Å²) in [5, 5.41) is 0. The summed E-state index contributed by atoms with van der Waals surface area (Å²) in [6, 6.07) is 16.1. The Morgan fingerprint density at radius 2 is 1.56 bits per heavy atom. The Kier molecular flexibility index (Phi) is 6.63. The van der Waals surface area contributed by atoms with Crippen molar-refractivity contribution in [1.82, 2.24) is 4.90 Å². The first-order valence-corrected chi connectivity index (χ1v) is 8.72. The fraction of sp³-hybridized carbons (Fsp3) is 0.381. The number of hydrogen-bond acceptors (Lipinski definition) is 3. The third kappa shape index (κ3) is 4.23. The average molecular weight is 359 g/mol. The summed E-state index contributed by atoms with van der Waals surface area (Å²) >= 11 is 0. The van der Waals surface area contributed by atoms with Crippen LogP contribution in [0.2, 0.25) is 0 Å². The molecule has 4 heteroatoms.